The van der Waals surface area contributed by atoms with E-state index in [2.05, 4.69) is 15.4 Å². The maximum atomic E-state index is 11.7. The SMILES string of the molecule is COC(=O)CC1Nc2cc(C)ccc2NC1=O. The third-order valence-electron chi connectivity index (χ3n) is 2.68. The van der Waals surface area contributed by atoms with Gasteiger partial charge in [0.25, 0.3) is 0 Å². The highest BCUT2D eigenvalue weighted by molar-refractivity contribution is 6.04. The number of methoxy groups -OCH3 is 1. The lowest BCUT2D eigenvalue weighted by Crippen LogP contribution is -2.40. The lowest BCUT2D eigenvalue weighted by Gasteiger charge is -2.26. The number of amides is 1. The molecule has 2 N–H and O–H groups in total. The number of hydrogen-bond acceptors (Lipinski definition) is 4. The van der Waals surface area contributed by atoms with Crippen molar-refractivity contribution in [3.63, 3.8) is 0 Å². The first kappa shape index (κ1) is 11.4. The third-order valence-corrected chi connectivity index (χ3v) is 2.68. The summed E-state index contributed by atoms with van der Waals surface area (Å²) in [6.07, 6.45) is 0.0235. The number of esters is 1. The molecule has 0 aromatic heterocycles. The fourth-order valence-corrected chi connectivity index (χ4v) is 1.75. The largest absolute Gasteiger partial charge is 0.469 e. The minimum Gasteiger partial charge on any atom is -0.469 e. The van der Waals surface area contributed by atoms with Crippen LogP contribution in [0.1, 0.15) is 12.0 Å². The van der Waals surface area contributed by atoms with Gasteiger partial charge in [-0.05, 0) is 24.6 Å². The van der Waals surface area contributed by atoms with E-state index in [4.69, 9.17) is 0 Å². The van der Waals surface area contributed by atoms with Gasteiger partial charge in [-0.3, -0.25) is 9.59 Å². The van der Waals surface area contributed by atoms with Crippen LogP contribution in [0.25, 0.3) is 0 Å². The zero-order valence-electron chi connectivity index (χ0n) is 9.74. The average molecular weight is 234 g/mol. The van der Waals surface area contributed by atoms with Gasteiger partial charge in [-0.2, -0.15) is 0 Å². The van der Waals surface area contributed by atoms with Gasteiger partial charge in [0.15, 0.2) is 0 Å². The van der Waals surface area contributed by atoms with Gasteiger partial charge in [0, 0.05) is 0 Å². The number of fused-ring (bicyclic) bond motifs is 1. The second-order valence-electron chi connectivity index (χ2n) is 4.02. The Kier molecular flexibility index (Phi) is 2.99. The number of aryl methyl sites for hydroxylation is 1. The van der Waals surface area contributed by atoms with Crippen molar-refractivity contribution < 1.29 is 14.3 Å². The van der Waals surface area contributed by atoms with Gasteiger partial charge in [-0.1, -0.05) is 6.07 Å². The zero-order chi connectivity index (χ0) is 12.4. The number of hydrogen-bond donors (Lipinski definition) is 2. The number of rotatable bonds is 2. The molecule has 0 radical (unpaired) electrons. The summed E-state index contributed by atoms with van der Waals surface area (Å²) in [5.41, 5.74) is 2.66. The van der Waals surface area contributed by atoms with Crippen LogP contribution in [-0.4, -0.2) is 25.0 Å². The van der Waals surface area contributed by atoms with Gasteiger partial charge < -0.3 is 15.4 Å². The summed E-state index contributed by atoms with van der Waals surface area (Å²) in [7, 11) is 1.31. The van der Waals surface area contributed by atoms with Gasteiger partial charge >= 0.3 is 5.97 Å². The van der Waals surface area contributed by atoms with Gasteiger partial charge in [0.2, 0.25) is 5.91 Å². The van der Waals surface area contributed by atoms with Crippen LogP contribution in [0.2, 0.25) is 0 Å². The van der Waals surface area contributed by atoms with Crippen LogP contribution >= 0.6 is 0 Å². The molecule has 1 unspecified atom stereocenters. The molecule has 1 aliphatic heterocycles. The maximum Gasteiger partial charge on any atom is 0.308 e. The molecular weight excluding hydrogens is 220 g/mol. The first-order valence-corrected chi connectivity index (χ1v) is 5.35. The number of nitrogens with one attached hydrogen (secondary N) is 2. The molecule has 1 heterocycles. The van der Waals surface area contributed by atoms with Crippen LogP contribution in [0.4, 0.5) is 11.4 Å². The van der Waals surface area contributed by atoms with E-state index in [0.29, 0.717) is 0 Å². The van der Waals surface area contributed by atoms with E-state index in [9.17, 15) is 9.59 Å². The van der Waals surface area contributed by atoms with E-state index in [0.717, 1.165) is 16.9 Å². The highest BCUT2D eigenvalue weighted by Crippen LogP contribution is 2.28. The van der Waals surface area contributed by atoms with Gasteiger partial charge in [0.05, 0.1) is 24.9 Å². The Labute approximate surface area is 99.2 Å². The van der Waals surface area contributed by atoms with Crippen LogP contribution in [0.3, 0.4) is 0 Å². The van der Waals surface area contributed by atoms with Crippen molar-refractivity contribution in [1.82, 2.24) is 0 Å². The Morgan fingerprint density at radius 2 is 2.18 bits per heavy atom. The van der Waals surface area contributed by atoms with Crippen LogP contribution in [0.15, 0.2) is 18.2 Å². The molecule has 0 saturated heterocycles. The Morgan fingerprint density at radius 1 is 1.41 bits per heavy atom. The van der Waals surface area contributed by atoms with Crippen molar-refractivity contribution in [3.8, 4) is 0 Å². The average Bonchev–Trinajstić information content (AvgIpc) is 2.30. The molecule has 5 heteroatoms. The molecule has 5 nitrogen and oxygen atoms in total. The molecule has 0 saturated carbocycles. The Hall–Kier alpha value is -2.04. The normalized spacial score (nSPS) is 17.8. The molecule has 1 amide bonds. The smallest absolute Gasteiger partial charge is 0.308 e. The summed E-state index contributed by atoms with van der Waals surface area (Å²) in [6, 6.07) is 5.11. The lowest BCUT2D eigenvalue weighted by molar-refractivity contribution is -0.142. The van der Waals surface area contributed by atoms with Gasteiger partial charge in [0.1, 0.15) is 6.04 Å². The number of benzene rings is 1. The summed E-state index contributed by atoms with van der Waals surface area (Å²) in [4.78, 5) is 22.9. The van der Waals surface area contributed by atoms with Crippen LogP contribution in [-0.2, 0) is 14.3 Å². The molecule has 1 atom stereocenters. The third kappa shape index (κ3) is 2.38. The molecule has 0 spiro atoms. The van der Waals surface area contributed by atoms with Crippen LogP contribution in [0.5, 0.6) is 0 Å². The number of ether oxygens (including phenoxy) is 1. The standard InChI is InChI=1S/C12H14N2O3/c1-7-3-4-8-9(5-7)13-10(12(16)14-8)6-11(15)17-2/h3-5,10,13H,6H2,1-2H3,(H,14,16). The van der Waals surface area contributed by atoms with Crippen molar-refractivity contribution in [2.45, 2.75) is 19.4 Å². The minimum atomic E-state index is -0.572. The minimum absolute atomic E-state index is 0.0235. The van der Waals surface area contributed by atoms with E-state index >= 15 is 0 Å². The molecule has 1 aromatic rings. The van der Waals surface area contributed by atoms with Crippen molar-refractivity contribution in [2.24, 2.45) is 0 Å². The van der Waals surface area contributed by atoms with E-state index in [1.807, 2.05) is 25.1 Å². The highest BCUT2D eigenvalue weighted by Gasteiger charge is 2.27. The van der Waals surface area contributed by atoms with Crippen LogP contribution in [0, 0.1) is 6.92 Å². The van der Waals surface area contributed by atoms with Crippen molar-refractivity contribution in [1.29, 1.82) is 0 Å². The quantitative estimate of drug-likeness (QED) is 0.757. The van der Waals surface area contributed by atoms with Crippen molar-refractivity contribution in [2.75, 3.05) is 17.7 Å². The van der Waals surface area contributed by atoms with E-state index in [1.54, 1.807) is 0 Å². The maximum absolute atomic E-state index is 11.7. The van der Waals surface area contributed by atoms with Crippen LogP contribution < -0.4 is 10.6 Å². The first-order valence-electron chi connectivity index (χ1n) is 5.35. The molecule has 0 fully saturated rings. The molecular formula is C12H14N2O3. The summed E-state index contributed by atoms with van der Waals surface area (Å²) in [6.45, 7) is 1.97. The second kappa shape index (κ2) is 4.45. The molecule has 0 aliphatic carbocycles. The number of carbonyl (C=O) groups excluding carboxylic acids is 2. The fourth-order valence-electron chi connectivity index (χ4n) is 1.75. The van der Waals surface area contributed by atoms with E-state index in [-0.39, 0.29) is 12.3 Å². The van der Waals surface area contributed by atoms with Gasteiger partial charge in [-0.25, -0.2) is 0 Å². The molecule has 17 heavy (non-hydrogen) atoms. The Bertz CT molecular complexity index is 471. The predicted octanol–water partition coefficient (Wildman–Crippen LogP) is 1.29. The lowest BCUT2D eigenvalue weighted by atomic mass is 10.1. The van der Waals surface area contributed by atoms with E-state index in [1.165, 1.54) is 7.11 Å². The number of carbonyl (C=O) groups is 2. The van der Waals surface area contributed by atoms with Gasteiger partial charge in [-0.15, -0.1) is 0 Å². The predicted molar refractivity (Wildman–Crippen MR) is 63.9 cm³/mol. The molecule has 0 bridgehead atoms. The summed E-state index contributed by atoms with van der Waals surface area (Å²) in [5.74, 6) is -0.625. The molecule has 90 valence electrons. The van der Waals surface area contributed by atoms with Crippen molar-refractivity contribution in [3.05, 3.63) is 23.8 Å². The first-order chi connectivity index (χ1) is 8.10. The van der Waals surface area contributed by atoms with Crippen molar-refractivity contribution >= 4 is 23.3 Å². The molecule has 2 rings (SSSR count). The second-order valence-corrected chi connectivity index (χ2v) is 4.02. The molecule has 1 aromatic carbocycles. The Morgan fingerprint density at radius 3 is 2.88 bits per heavy atom. The summed E-state index contributed by atoms with van der Waals surface area (Å²) in [5, 5.41) is 5.80. The zero-order valence-corrected chi connectivity index (χ0v) is 9.74. The highest BCUT2D eigenvalue weighted by atomic mass is 16.5. The fraction of sp³-hybridized carbons (Fsp3) is 0.333. The Balaban J connectivity index is 2.19. The van der Waals surface area contributed by atoms with E-state index < -0.39 is 12.0 Å². The molecule has 1 aliphatic rings. The topological polar surface area (TPSA) is 67.4 Å². The summed E-state index contributed by atoms with van der Waals surface area (Å²) < 4.78 is 4.55. The monoisotopic (exact) mass is 234 g/mol. The number of anilines is 2. The summed E-state index contributed by atoms with van der Waals surface area (Å²) >= 11 is 0.